The second kappa shape index (κ2) is 11.6. The zero-order chi connectivity index (χ0) is 29.9. The van der Waals surface area contributed by atoms with Crippen molar-refractivity contribution >= 4 is 55.0 Å². The lowest BCUT2D eigenvalue weighted by Crippen LogP contribution is -1.99. The maximum atomic E-state index is 12.3. The summed E-state index contributed by atoms with van der Waals surface area (Å²) >= 11 is 0. The molecule has 0 aliphatic rings. The molecule has 0 unspecified atom stereocenters. The molecule has 4 N–H and O–H groups in total. The second-order valence-corrected chi connectivity index (χ2v) is 10.6. The first kappa shape index (κ1) is 28.2. The molecular weight excluding hydrogens is 558 g/mol. The molecule has 212 valence electrons. The van der Waals surface area contributed by atoms with Crippen molar-refractivity contribution in [1.29, 1.82) is 0 Å². The second-order valence-electron chi connectivity index (χ2n) is 9.20. The Kier molecular flexibility index (Phi) is 7.82. The number of aryl methyl sites for hydroxylation is 1. The van der Waals surface area contributed by atoms with E-state index in [1.807, 2.05) is 30.3 Å². The van der Waals surface area contributed by atoms with Gasteiger partial charge in [0.25, 0.3) is 10.1 Å². The maximum Gasteiger partial charge on any atom is 0.296 e. The van der Waals surface area contributed by atoms with Crippen LogP contribution >= 0.6 is 0 Å². The lowest BCUT2D eigenvalue weighted by molar-refractivity contribution is 0.416. The highest BCUT2D eigenvalue weighted by molar-refractivity contribution is 7.86. The Hall–Kier alpha value is -5.33. The van der Waals surface area contributed by atoms with Crippen LogP contribution in [0.2, 0.25) is 0 Å². The van der Waals surface area contributed by atoms with E-state index in [2.05, 4.69) is 25.8 Å². The molecule has 42 heavy (non-hydrogen) atoms. The summed E-state index contributed by atoms with van der Waals surface area (Å²) in [6.07, 6.45) is 0. The van der Waals surface area contributed by atoms with Gasteiger partial charge in [-0.1, -0.05) is 18.2 Å². The molecule has 0 aromatic heterocycles. The number of para-hydroxylation sites is 1. The van der Waals surface area contributed by atoms with Gasteiger partial charge in [-0.25, -0.2) is 0 Å². The van der Waals surface area contributed by atoms with E-state index in [4.69, 9.17) is 4.74 Å². The quantitative estimate of drug-likeness (QED) is 0.105. The highest BCUT2D eigenvalue weighted by Crippen LogP contribution is 2.43. The fraction of sp³-hybridized carbons (Fsp3) is 0.0667. The van der Waals surface area contributed by atoms with E-state index in [1.54, 1.807) is 49.4 Å². The summed E-state index contributed by atoms with van der Waals surface area (Å²) in [7, 11) is -3.38. The average Bonchev–Trinajstić information content (AvgIpc) is 2.97. The summed E-state index contributed by atoms with van der Waals surface area (Å²) < 4.78 is 40.1. The molecule has 0 spiro atoms. The summed E-state index contributed by atoms with van der Waals surface area (Å²) in [5.41, 5.74) is 2.92. The van der Waals surface area contributed by atoms with Crippen LogP contribution in [-0.2, 0) is 10.1 Å². The number of phenolic OH excluding ortho intramolecular Hbond substituents is 2. The fourth-order valence-electron chi connectivity index (χ4n) is 4.16. The van der Waals surface area contributed by atoms with E-state index in [0.717, 1.165) is 5.69 Å². The van der Waals surface area contributed by atoms with Gasteiger partial charge in [0, 0.05) is 22.8 Å². The van der Waals surface area contributed by atoms with Gasteiger partial charge in [-0.2, -0.15) is 18.6 Å². The monoisotopic (exact) mass is 583 g/mol. The van der Waals surface area contributed by atoms with Crippen LogP contribution in [-0.4, -0.2) is 30.3 Å². The topological polar surface area (TPSA) is 166 Å². The number of methoxy groups -OCH3 is 1. The van der Waals surface area contributed by atoms with Crippen molar-refractivity contribution < 1.29 is 27.9 Å². The van der Waals surface area contributed by atoms with E-state index in [-0.39, 0.29) is 17.2 Å². The summed E-state index contributed by atoms with van der Waals surface area (Å²) in [5.74, 6) is -0.0969. The summed E-state index contributed by atoms with van der Waals surface area (Å²) in [4.78, 5) is -0.608. The molecule has 12 heteroatoms. The molecule has 5 aromatic carbocycles. The van der Waals surface area contributed by atoms with Crippen LogP contribution < -0.4 is 10.1 Å². The van der Waals surface area contributed by atoms with Gasteiger partial charge in [0.05, 0.1) is 18.5 Å². The maximum absolute atomic E-state index is 12.3. The van der Waals surface area contributed by atoms with Crippen LogP contribution in [0.3, 0.4) is 0 Å². The largest absolute Gasteiger partial charge is 0.508 e. The molecule has 0 atom stereocenters. The fourth-order valence-corrected chi connectivity index (χ4v) is 4.81. The van der Waals surface area contributed by atoms with Crippen LogP contribution in [0.15, 0.2) is 116 Å². The number of anilines is 2. The van der Waals surface area contributed by atoms with Crippen LogP contribution in [0.4, 0.5) is 34.1 Å². The minimum Gasteiger partial charge on any atom is -0.508 e. The number of nitrogens with one attached hydrogen (secondary N) is 1. The minimum absolute atomic E-state index is 0.112. The first-order valence-corrected chi connectivity index (χ1v) is 14.0. The molecule has 0 heterocycles. The molecule has 5 rings (SSSR count). The van der Waals surface area contributed by atoms with E-state index in [9.17, 15) is 23.2 Å². The van der Waals surface area contributed by atoms with Gasteiger partial charge in [-0.05, 0) is 84.6 Å². The van der Waals surface area contributed by atoms with Gasteiger partial charge >= 0.3 is 0 Å². The van der Waals surface area contributed by atoms with Crippen LogP contribution in [0, 0.1) is 6.92 Å². The van der Waals surface area contributed by atoms with Gasteiger partial charge in [0.1, 0.15) is 27.8 Å². The Bertz CT molecular complexity index is 1940. The van der Waals surface area contributed by atoms with Crippen LogP contribution in [0.5, 0.6) is 17.2 Å². The van der Waals surface area contributed by atoms with Crippen molar-refractivity contribution in [2.75, 3.05) is 12.4 Å². The van der Waals surface area contributed by atoms with E-state index < -0.39 is 26.5 Å². The van der Waals surface area contributed by atoms with Crippen molar-refractivity contribution in [1.82, 2.24) is 0 Å². The Balaban J connectivity index is 1.52. The normalized spacial score (nSPS) is 11.9. The number of fused-ring (bicyclic) bond motifs is 1. The summed E-state index contributed by atoms with van der Waals surface area (Å²) in [6, 6.07) is 25.0. The molecule has 0 fully saturated rings. The Morgan fingerprint density at radius 1 is 0.762 bits per heavy atom. The highest BCUT2D eigenvalue weighted by atomic mass is 32.2. The molecule has 0 aliphatic heterocycles. The predicted octanol–water partition coefficient (Wildman–Crippen LogP) is 8.39. The number of rotatable bonds is 8. The van der Waals surface area contributed by atoms with Gasteiger partial charge in [0.2, 0.25) is 0 Å². The van der Waals surface area contributed by atoms with Gasteiger partial charge in [-0.15, -0.1) is 10.2 Å². The molecule has 0 amide bonds. The van der Waals surface area contributed by atoms with Crippen molar-refractivity contribution in [3.8, 4) is 17.2 Å². The van der Waals surface area contributed by atoms with E-state index >= 15 is 0 Å². The number of azo groups is 2. The van der Waals surface area contributed by atoms with Gasteiger partial charge < -0.3 is 20.3 Å². The first-order valence-electron chi connectivity index (χ1n) is 12.5. The lowest BCUT2D eigenvalue weighted by Gasteiger charge is -2.12. The molecule has 5 aromatic rings. The molecular formula is C30H25N5O6S. The zero-order valence-corrected chi connectivity index (χ0v) is 23.2. The third-order valence-electron chi connectivity index (χ3n) is 6.27. The van der Waals surface area contributed by atoms with Gasteiger partial charge in [-0.3, -0.25) is 4.55 Å². The molecule has 0 aliphatic carbocycles. The van der Waals surface area contributed by atoms with Crippen molar-refractivity contribution in [2.24, 2.45) is 20.5 Å². The van der Waals surface area contributed by atoms with Crippen molar-refractivity contribution in [3.63, 3.8) is 0 Å². The smallest absolute Gasteiger partial charge is 0.296 e. The number of hydrogen-bond donors (Lipinski definition) is 4. The third-order valence-corrected chi connectivity index (χ3v) is 7.14. The number of aromatic hydroxyl groups is 2. The number of phenols is 2. The Morgan fingerprint density at radius 3 is 2.17 bits per heavy atom. The third kappa shape index (κ3) is 6.19. The molecule has 0 saturated heterocycles. The van der Waals surface area contributed by atoms with Crippen LogP contribution in [0.1, 0.15) is 5.56 Å². The minimum atomic E-state index is -4.80. The first-order chi connectivity index (χ1) is 20.1. The van der Waals surface area contributed by atoms with E-state index in [1.165, 1.54) is 25.3 Å². The summed E-state index contributed by atoms with van der Waals surface area (Å²) in [5, 5.41) is 40.9. The van der Waals surface area contributed by atoms with Crippen LogP contribution in [0.25, 0.3) is 10.8 Å². The Morgan fingerprint density at radius 2 is 1.48 bits per heavy atom. The highest BCUT2D eigenvalue weighted by Gasteiger charge is 2.22. The van der Waals surface area contributed by atoms with Crippen molar-refractivity contribution in [2.45, 2.75) is 11.8 Å². The van der Waals surface area contributed by atoms with Gasteiger partial charge in [0.15, 0.2) is 5.75 Å². The Labute approximate surface area is 241 Å². The molecule has 0 saturated carbocycles. The predicted molar refractivity (Wildman–Crippen MR) is 159 cm³/mol. The number of nitrogens with zero attached hydrogens (tertiary/aromatic N) is 4. The number of ether oxygens (including phenoxy) is 1. The zero-order valence-electron chi connectivity index (χ0n) is 22.4. The SMILES string of the molecule is COc1cc(N=Nc2ccc(O)cc2)c(C)cc1N=Nc1c(S(=O)(=O)O)cc2cc(Nc3ccccc3)ccc2c1O. The van der Waals surface area contributed by atoms with E-state index in [0.29, 0.717) is 33.4 Å². The number of hydrogen-bond acceptors (Lipinski definition) is 10. The number of benzene rings is 5. The molecule has 11 nitrogen and oxygen atoms in total. The average molecular weight is 584 g/mol. The summed E-state index contributed by atoms with van der Waals surface area (Å²) in [6.45, 7) is 1.77. The lowest BCUT2D eigenvalue weighted by atomic mass is 10.1. The molecule has 0 radical (unpaired) electrons. The standard InChI is InChI=1S/C30H25N5O6S/c1-18-14-26(27(41-2)17-25(18)33-32-21-8-11-23(36)12-9-21)34-35-29-28(42(38,39)40)16-19-15-22(10-13-24(19)30(29)37)31-20-6-4-3-5-7-20/h3-17,31,36-37H,1-2H3,(H,38,39,40). The van der Waals surface area contributed by atoms with Crippen molar-refractivity contribution in [3.05, 3.63) is 96.6 Å². The molecule has 0 bridgehead atoms.